The highest BCUT2D eigenvalue weighted by atomic mass is 16.7. The van der Waals surface area contributed by atoms with Crippen LogP contribution in [0.4, 0.5) is 4.79 Å². The highest BCUT2D eigenvalue weighted by Crippen LogP contribution is 2.65. The molecule has 4 fully saturated rings. The zero-order valence-electron chi connectivity index (χ0n) is 17.9. The van der Waals surface area contributed by atoms with Gasteiger partial charge in [-0.25, -0.2) is 4.79 Å². The van der Waals surface area contributed by atoms with Crippen molar-refractivity contribution in [1.82, 2.24) is 5.32 Å². The van der Waals surface area contributed by atoms with Crippen LogP contribution in [0.1, 0.15) is 67.2 Å². The van der Waals surface area contributed by atoms with Crippen LogP contribution in [-0.4, -0.2) is 43.0 Å². The van der Waals surface area contributed by atoms with E-state index in [0.29, 0.717) is 31.2 Å². The van der Waals surface area contributed by atoms with Gasteiger partial charge in [0.05, 0.1) is 17.6 Å². The molecule has 0 radical (unpaired) electrons. The van der Waals surface area contributed by atoms with Crippen LogP contribution in [0.3, 0.4) is 0 Å². The van der Waals surface area contributed by atoms with Gasteiger partial charge in [0.2, 0.25) is 0 Å². The number of ether oxygens (including phenoxy) is 1. The van der Waals surface area contributed by atoms with Crippen LogP contribution >= 0.6 is 0 Å². The summed E-state index contributed by atoms with van der Waals surface area (Å²) >= 11 is 0. The first-order valence-electron chi connectivity index (χ1n) is 10.3. The van der Waals surface area contributed by atoms with Gasteiger partial charge in [-0.15, -0.1) is 0 Å². The van der Waals surface area contributed by atoms with E-state index in [2.05, 4.69) is 36.1 Å². The van der Waals surface area contributed by atoms with E-state index in [9.17, 15) is 4.79 Å². The monoisotopic (exact) mass is 392 g/mol. The minimum Gasteiger partial charge on any atom is -0.444 e. The molecule has 1 aliphatic heterocycles. The zero-order valence-corrected chi connectivity index (χ0v) is 17.9. The lowest BCUT2D eigenvalue weighted by Crippen LogP contribution is -2.65. The van der Waals surface area contributed by atoms with Gasteiger partial charge in [0.15, 0.2) is 0 Å². The molecule has 1 amide bonds. The van der Waals surface area contributed by atoms with Crippen molar-refractivity contribution in [2.24, 2.45) is 22.4 Å². The van der Waals surface area contributed by atoms with E-state index in [-0.39, 0.29) is 23.1 Å². The molecule has 1 saturated heterocycles. The highest BCUT2D eigenvalue weighted by Gasteiger charge is 2.68. The fourth-order valence-corrected chi connectivity index (χ4v) is 5.23. The number of amides is 1. The smallest absolute Gasteiger partial charge is 0.444 e. The van der Waals surface area contributed by atoms with Crippen molar-refractivity contribution < 1.29 is 18.8 Å². The van der Waals surface area contributed by atoms with Crippen LogP contribution in [0, 0.1) is 17.3 Å². The van der Waals surface area contributed by atoms with Gasteiger partial charge in [-0.1, -0.05) is 19.0 Å². The lowest BCUT2D eigenvalue weighted by molar-refractivity contribution is -0.199. The summed E-state index contributed by atoms with van der Waals surface area (Å²) in [5.74, 6) is 0.769. The van der Waals surface area contributed by atoms with Gasteiger partial charge in [0.1, 0.15) is 5.60 Å². The van der Waals surface area contributed by atoms with Gasteiger partial charge in [0, 0.05) is 11.5 Å². The molecule has 0 aromatic heterocycles. The Morgan fingerprint density at radius 1 is 1.39 bits per heavy atom. The van der Waals surface area contributed by atoms with Gasteiger partial charge < -0.3 is 19.4 Å². The standard InChI is InChI=1S/C19H33BN4O4/c1-17(2,3)26-16(25)23-15(8-7-9-22-24-21)20-27-14-11-12-10-13(18(12,4)5)19(14,6)28-20/h12-15H,7-11H2,1-6H3,(H,23,25)/t12?,13?,14-,15-,19+/m0/s1. The maximum Gasteiger partial charge on any atom is 0.481 e. The average Bonchev–Trinajstić information content (AvgIpc) is 2.92. The van der Waals surface area contributed by atoms with Crippen LogP contribution in [0.2, 0.25) is 0 Å². The number of hydrogen-bond donors (Lipinski definition) is 1. The lowest BCUT2D eigenvalue weighted by Gasteiger charge is -2.64. The Balaban J connectivity index is 1.69. The van der Waals surface area contributed by atoms with Crippen molar-refractivity contribution in [3.05, 3.63) is 10.4 Å². The van der Waals surface area contributed by atoms with Crippen LogP contribution < -0.4 is 5.32 Å². The van der Waals surface area contributed by atoms with Crippen LogP contribution in [-0.2, 0) is 14.0 Å². The SMILES string of the molecule is CC(C)(C)OC(=O)N[C@@H](CCCN=[N+]=[N-])B1O[C@H]2CC3CC(C3(C)C)[C@@]2(C)O1. The largest absolute Gasteiger partial charge is 0.481 e. The summed E-state index contributed by atoms with van der Waals surface area (Å²) in [5.41, 5.74) is 7.84. The molecule has 1 heterocycles. The average molecular weight is 392 g/mol. The molecule has 4 rings (SSSR count). The molecule has 3 saturated carbocycles. The second-order valence-corrected chi connectivity index (χ2v) is 10.2. The van der Waals surface area contributed by atoms with E-state index in [1.165, 1.54) is 6.42 Å². The van der Waals surface area contributed by atoms with Crippen LogP contribution in [0.25, 0.3) is 10.4 Å². The fraction of sp³-hybridized carbons (Fsp3) is 0.947. The lowest BCUT2D eigenvalue weighted by atomic mass is 9.43. The fourth-order valence-electron chi connectivity index (χ4n) is 5.23. The number of carbonyl (C=O) groups excluding carboxylic acids is 1. The quantitative estimate of drug-likeness (QED) is 0.240. The third kappa shape index (κ3) is 3.98. The van der Waals surface area contributed by atoms with Crippen molar-refractivity contribution in [2.45, 2.75) is 90.5 Å². The summed E-state index contributed by atoms with van der Waals surface area (Å²) in [7, 11) is -0.524. The number of nitrogens with one attached hydrogen (secondary N) is 1. The minimum absolute atomic E-state index is 0.0503. The molecule has 9 heteroatoms. The van der Waals surface area contributed by atoms with Crippen LogP contribution in [0.5, 0.6) is 0 Å². The van der Waals surface area contributed by atoms with E-state index in [4.69, 9.17) is 19.6 Å². The van der Waals surface area contributed by atoms with Gasteiger partial charge in [-0.3, -0.25) is 0 Å². The summed E-state index contributed by atoms with van der Waals surface area (Å²) in [6.07, 6.45) is 2.95. The molecule has 8 nitrogen and oxygen atoms in total. The van der Waals surface area contributed by atoms with Crippen molar-refractivity contribution in [1.29, 1.82) is 0 Å². The Kier molecular flexibility index (Phi) is 5.65. The van der Waals surface area contributed by atoms with E-state index in [0.717, 1.165) is 6.42 Å². The topological polar surface area (TPSA) is 106 Å². The molecule has 0 aromatic rings. The first-order valence-corrected chi connectivity index (χ1v) is 10.3. The van der Waals surface area contributed by atoms with Crippen molar-refractivity contribution in [2.75, 3.05) is 6.54 Å². The molecule has 28 heavy (non-hydrogen) atoms. The van der Waals surface area contributed by atoms with E-state index in [1.54, 1.807) is 0 Å². The Bertz CT molecular complexity index is 661. The van der Waals surface area contributed by atoms with Gasteiger partial charge in [-0.05, 0) is 76.2 Å². The molecule has 4 aliphatic rings. The predicted octanol–water partition coefficient (Wildman–Crippen LogP) is 4.24. The van der Waals surface area contributed by atoms with E-state index < -0.39 is 18.8 Å². The van der Waals surface area contributed by atoms with Gasteiger partial charge >= 0.3 is 13.2 Å². The minimum atomic E-state index is -0.581. The molecule has 1 N–H and O–H groups in total. The maximum absolute atomic E-state index is 12.4. The van der Waals surface area contributed by atoms with E-state index in [1.807, 2.05) is 20.8 Å². The van der Waals surface area contributed by atoms with Crippen molar-refractivity contribution in [3.63, 3.8) is 0 Å². The third-order valence-electron chi connectivity index (χ3n) is 6.84. The predicted molar refractivity (Wildman–Crippen MR) is 107 cm³/mol. The molecule has 156 valence electrons. The van der Waals surface area contributed by atoms with Crippen LogP contribution in [0.15, 0.2) is 5.11 Å². The first kappa shape index (κ1) is 21.3. The highest BCUT2D eigenvalue weighted by molar-refractivity contribution is 6.47. The number of nitrogens with zero attached hydrogens (tertiary/aromatic N) is 3. The zero-order chi connectivity index (χ0) is 20.7. The molecular formula is C19H33BN4O4. The molecule has 0 aromatic carbocycles. The second-order valence-electron chi connectivity index (χ2n) is 10.2. The summed E-state index contributed by atoms with van der Waals surface area (Å²) < 4.78 is 18.2. The summed E-state index contributed by atoms with van der Waals surface area (Å²) in [5, 5.41) is 6.51. The number of hydrogen-bond acceptors (Lipinski definition) is 5. The maximum atomic E-state index is 12.4. The summed E-state index contributed by atoms with van der Waals surface area (Å²) in [6, 6.07) is 0. The molecule has 5 atom stereocenters. The van der Waals surface area contributed by atoms with Crippen molar-refractivity contribution >= 4 is 13.2 Å². The number of rotatable bonds is 6. The molecule has 3 aliphatic carbocycles. The Morgan fingerprint density at radius 2 is 2.11 bits per heavy atom. The summed E-state index contributed by atoms with van der Waals surface area (Å²) in [4.78, 5) is 15.1. The van der Waals surface area contributed by atoms with E-state index >= 15 is 0 Å². The van der Waals surface area contributed by atoms with Crippen molar-refractivity contribution in [3.8, 4) is 0 Å². The van der Waals surface area contributed by atoms with Gasteiger partial charge in [0.25, 0.3) is 0 Å². The number of azide groups is 1. The number of carbonyl (C=O) groups is 1. The number of alkyl carbamates (subject to hydrolysis) is 1. The molecule has 2 bridgehead atoms. The Morgan fingerprint density at radius 3 is 2.71 bits per heavy atom. The molecule has 0 spiro atoms. The van der Waals surface area contributed by atoms with Gasteiger partial charge in [-0.2, -0.15) is 0 Å². The molecular weight excluding hydrogens is 359 g/mol. The summed E-state index contributed by atoms with van der Waals surface area (Å²) in [6.45, 7) is 12.7. The first-order chi connectivity index (χ1) is 13.0. The normalized spacial score (nSPS) is 33.9. The second kappa shape index (κ2) is 7.43. The Hall–Kier alpha value is -1.44. The third-order valence-corrected chi connectivity index (χ3v) is 6.84. The Labute approximate surface area is 167 Å². The molecule has 2 unspecified atom stereocenters.